The molecule has 1 aromatic rings. The Morgan fingerprint density at radius 3 is 2.89 bits per heavy atom. The van der Waals surface area contributed by atoms with Gasteiger partial charge in [-0.1, -0.05) is 25.1 Å². The van der Waals surface area contributed by atoms with Crippen molar-refractivity contribution in [3.63, 3.8) is 0 Å². The fraction of sp³-hybridized carbons (Fsp3) is 0.625. The fourth-order valence-electron chi connectivity index (χ4n) is 3.44. The lowest BCUT2D eigenvalue weighted by molar-refractivity contribution is -0.00999. The Bertz CT molecular complexity index is 450. The zero-order valence-corrected chi connectivity index (χ0v) is 11.6. The molecule has 1 saturated carbocycles. The summed E-state index contributed by atoms with van der Waals surface area (Å²) in [6, 6.07) is 6.76. The molecule has 104 valence electrons. The van der Waals surface area contributed by atoms with Crippen LogP contribution in [0.5, 0.6) is 5.75 Å². The third-order valence-electron chi connectivity index (χ3n) is 4.52. The molecule has 2 N–H and O–H groups in total. The van der Waals surface area contributed by atoms with Gasteiger partial charge in [-0.2, -0.15) is 0 Å². The number of rotatable bonds is 3. The van der Waals surface area contributed by atoms with Crippen molar-refractivity contribution < 1.29 is 9.84 Å². The van der Waals surface area contributed by atoms with Crippen LogP contribution < -0.4 is 10.1 Å². The summed E-state index contributed by atoms with van der Waals surface area (Å²) in [4.78, 5) is 0. The van der Waals surface area contributed by atoms with Crippen LogP contribution in [0.25, 0.3) is 0 Å². The van der Waals surface area contributed by atoms with Crippen molar-refractivity contribution in [2.75, 3.05) is 13.2 Å². The van der Waals surface area contributed by atoms with Crippen molar-refractivity contribution in [2.45, 2.75) is 50.7 Å². The van der Waals surface area contributed by atoms with E-state index in [-0.39, 0.29) is 0 Å². The molecular formula is C16H23NO2. The number of hydrogen-bond acceptors (Lipinski definition) is 3. The summed E-state index contributed by atoms with van der Waals surface area (Å²) in [6.45, 7) is 3.90. The van der Waals surface area contributed by atoms with Gasteiger partial charge in [-0.25, -0.2) is 0 Å². The Kier molecular flexibility index (Phi) is 3.50. The normalized spacial score (nSPS) is 29.9. The van der Waals surface area contributed by atoms with Gasteiger partial charge in [-0.15, -0.1) is 0 Å². The molecule has 0 radical (unpaired) electrons. The van der Waals surface area contributed by atoms with Crippen molar-refractivity contribution in [1.29, 1.82) is 0 Å². The lowest BCUT2D eigenvalue weighted by Crippen LogP contribution is -2.39. The van der Waals surface area contributed by atoms with E-state index in [0.717, 1.165) is 56.6 Å². The molecule has 19 heavy (non-hydrogen) atoms. The number of hydrogen-bond donors (Lipinski definition) is 2. The van der Waals surface area contributed by atoms with Crippen LogP contribution in [-0.2, 0) is 12.0 Å². The summed E-state index contributed by atoms with van der Waals surface area (Å²) >= 11 is 0. The van der Waals surface area contributed by atoms with Gasteiger partial charge in [0, 0.05) is 18.0 Å². The molecule has 0 unspecified atom stereocenters. The van der Waals surface area contributed by atoms with Crippen molar-refractivity contribution in [2.24, 2.45) is 0 Å². The minimum Gasteiger partial charge on any atom is -0.493 e. The lowest BCUT2D eigenvalue weighted by Gasteiger charge is -2.37. The average Bonchev–Trinajstić information content (AvgIpc) is 2.90. The van der Waals surface area contributed by atoms with Gasteiger partial charge < -0.3 is 15.2 Å². The first kappa shape index (κ1) is 12.9. The van der Waals surface area contributed by atoms with Crippen molar-refractivity contribution in [3.05, 3.63) is 29.3 Å². The third kappa shape index (κ3) is 2.37. The van der Waals surface area contributed by atoms with E-state index in [9.17, 15) is 5.11 Å². The fourth-order valence-corrected chi connectivity index (χ4v) is 3.44. The number of fused-ring (bicyclic) bond motifs is 1. The lowest BCUT2D eigenvalue weighted by atomic mass is 9.77. The van der Waals surface area contributed by atoms with E-state index in [1.54, 1.807) is 0 Å². The molecule has 0 amide bonds. The Balaban J connectivity index is 1.81. The van der Waals surface area contributed by atoms with Gasteiger partial charge in [0.25, 0.3) is 0 Å². The highest BCUT2D eigenvalue weighted by atomic mass is 16.5. The molecule has 0 spiro atoms. The monoisotopic (exact) mass is 261 g/mol. The Morgan fingerprint density at radius 2 is 2.16 bits per heavy atom. The van der Waals surface area contributed by atoms with E-state index in [0.29, 0.717) is 6.04 Å². The van der Waals surface area contributed by atoms with Gasteiger partial charge >= 0.3 is 0 Å². The van der Waals surface area contributed by atoms with Gasteiger partial charge in [-0.05, 0) is 37.8 Å². The molecule has 3 heteroatoms. The van der Waals surface area contributed by atoms with Gasteiger partial charge in [0.1, 0.15) is 5.75 Å². The van der Waals surface area contributed by atoms with Gasteiger partial charge in [-0.3, -0.25) is 0 Å². The van der Waals surface area contributed by atoms with Crippen LogP contribution in [0.3, 0.4) is 0 Å². The second-order valence-corrected chi connectivity index (χ2v) is 5.76. The van der Waals surface area contributed by atoms with E-state index in [4.69, 9.17) is 4.74 Å². The molecule has 1 aromatic carbocycles. The quantitative estimate of drug-likeness (QED) is 0.877. The molecule has 3 rings (SSSR count). The molecule has 0 bridgehead atoms. The second kappa shape index (κ2) is 5.14. The highest BCUT2D eigenvalue weighted by Crippen LogP contribution is 2.43. The maximum absolute atomic E-state index is 11.0. The molecule has 1 heterocycles. The number of para-hydroxylation sites is 1. The van der Waals surface area contributed by atoms with Gasteiger partial charge in [0.15, 0.2) is 0 Å². The molecule has 3 nitrogen and oxygen atoms in total. The predicted octanol–water partition coefficient (Wildman–Crippen LogP) is 2.36. The first-order chi connectivity index (χ1) is 9.23. The van der Waals surface area contributed by atoms with E-state index in [2.05, 4.69) is 24.4 Å². The first-order valence-electron chi connectivity index (χ1n) is 7.44. The minimum absolute atomic E-state index is 0.558. The first-order valence-corrected chi connectivity index (χ1v) is 7.44. The smallest absolute Gasteiger partial charge is 0.128 e. The standard InChI is InChI=1S/C16H23NO2/c1-2-17-13-6-9-16(18,10-7-13)14-5-3-4-12-8-11-19-15(12)14/h3-5,13,17-18H,2,6-11H2,1H3. The molecule has 2 aliphatic rings. The molecular weight excluding hydrogens is 238 g/mol. The van der Waals surface area contributed by atoms with E-state index < -0.39 is 5.60 Å². The SMILES string of the molecule is CCNC1CCC(O)(c2cccc3c2OCC3)CC1. The summed E-state index contributed by atoms with van der Waals surface area (Å²) < 4.78 is 5.75. The number of aliphatic hydroxyl groups is 1. The van der Waals surface area contributed by atoms with Crippen molar-refractivity contribution in [1.82, 2.24) is 5.32 Å². The number of nitrogens with one attached hydrogen (secondary N) is 1. The summed E-state index contributed by atoms with van der Waals surface area (Å²) in [5.74, 6) is 0.951. The largest absolute Gasteiger partial charge is 0.493 e. The summed E-state index contributed by atoms with van der Waals surface area (Å²) in [6.07, 6.45) is 4.69. The average molecular weight is 261 g/mol. The molecule has 1 fully saturated rings. The van der Waals surface area contributed by atoms with Gasteiger partial charge in [0.05, 0.1) is 12.2 Å². The maximum atomic E-state index is 11.0. The minimum atomic E-state index is -0.693. The zero-order chi connectivity index (χ0) is 13.3. The van der Waals surface area contributed by atoms with E-state index in [1.807, 2.05) is 6.07 Å². The van der Waals surface area contributed by atoms with Crippen LogP contribution in [0.1, 0.15) is 43.7 Å². The molecule has 0 aromatic heterocycles. The molecule has 1 aliphatic carbocycles. The summed E-state index contributed by atoms with van der Waals surface area (Å²) in [5.41, 5.74) is 1.57. The van der Waals surface area contributed by atoms with Crippen LogP contribution in [0.4, 0.5) is 0 Å². The van der Waals surface area contributed by atoms with Crippen LogP contribution >= 0.6 is 0 Å². The van der Waals surface area contributed by atoms with Crippen LogP contribution in [0.15, 0.2) is 18.2 Å². The summed E-state index contributed by atoms with van der Waals surface area (Å²) in [7, 11) is 0. The number of ether oxygens (including phenoxy) is 1. The Hall–Kier alpha value is -1.06. The van der Waals surface area contributed by atoms with Crippen molar-refractivity contribution >= 4 is 0 Å². The van der Waals surface area contributed by atoms with E-state index in [1.165, 1.54) is 5.56 Å². The highest BCUT2D eigenvalue weighted by Gasteiger charge is 2.37. The highest BCUT2D eigenvalue weighted by molar-refractivity contribution is 5.47. The molecule has 0 saturated heterocycles. The Morgan fingerprint density at radius 1 is 1.37 bits per heavy atom. The zero-order valence-electron chi connectivity index (χ0n) is 11.6. The summed E-state index contributed by atoms with van der Waals surface area (Å²) in [5, 5.41) is 14.5. The molecule has 0 atom stereocenters. The predicted molar refractivity (Wildman–Crippen MR) is 75.5 cm³/mol. The van der Waals surface area contributed by atoms with Crippen LogP contribution in [0.2, 0.25) is 0 Å². The third-order valence-corrected chi connectivity index (χ3v) is 4.52. The Labute approximate surface area is 115 Å². The number of benzene rings is 1. The topological polar surface area (TPSA) is 41.5 Å². The maximum Gasteiger partial charge on any atom is 0.128 e. The van der Waals surface area contributed by atoms with Crippen LogP contribution in [-0.4, -0.2) is 24.3 Å². The molecule has 1 aliphatic heterocycles. The van der Waals surface area contributed by atoms with Crippen LogP contribution in [0, 0.1) is 0 Å². The van der Waals surface area contributed by atoms with Gasteiger partial charge in [0.2, 0.25) is 0 Å². The van der Waals surface area contributed by atoms with Crippen molar-refractivity contribution in [3.8, 4) is 5.75 Å². The second-order valence-electron chi connectivity index (χ2n) is 5.76. The van der Waals surface area contributed by atoms with E-state index >= 15 is 0 Å².